The van der Waals surface area contributed by atoms with Crippen LogP contribution in [0, 0.1) is 39.9 Å². The largest absolute Gasteiger partial charge is 0.481 e. The Morgan fingerprint density at radius 3 is 1.80 bits per heavy atom. The van der Waals surface area contributed by atoms with Gasteiger partial charge in [0, 0.05) is 46.9 Å². The number of aliphatic carboxylic acids is 1. The molecule has 0 radical (unpaired) electrons. The summed E-state index contributed by atoms with van der Waals surface area (Å²) in [7, 11) is 0. The minimum absolute atomic E-state index is 0. The van der Waals surface area contributed by atoms with Crippen LogP contribution in [-0.2, 0) is 4.79 Å². The Kier molecular flexibility index (Phi) is 8.87. The molecule has 0 saturated heterocycles. The maximum Gasteiger partial charge on any atom is 0.300 e. The maximum absolute atomic E-state index is 9.00. The molecule has 28 valence electrons. The van der Waals surface area contributed by atoms with Gasteiger partial charge in [-0.1, -0.05) is 0 Å². The molecule has 0 saturated carbocycles. The fraction of sp³-hybridized carbons (Fsp3) is 0.500. The zero-order chi connectivity index (χ0) is 3.58. The molecule has 3 heteroatoms. The molecule has 0 atom stereocenters. The van der Waals surface area contributed by atoms with Crippen LogP contribution < -0.4 is 0 Å². The minimum atomic E-state index is -0.833. The van der Waals surface area contributed by atoms with E-state index in [1.165, 1.54) is 0 Å². The molecule has 0 aromatic carbocycles. The zero-order valence-electron chi connectivity index (χ0n) is 2.86. The number of carbonyl (C=O) groups is 1. The molecule has 0 spiro atoms. The topological polar surface area (TPSA) is 37.3 Å². The van der Waals surface area contributed by atoms with Gasteiger partial charge in [-0.25, -0.2) is 0 Å². The maximum atomic E-state index is 9.00. The first-order valence-electron chi connectivity index (χ1n) is 0.928. The SMILES string of the molecule is CC(=O)O.[Th]. The summed E-state index contributed by atoms with van der Waals surface area (Å²) < 4.78 is 0. The van der Waals surface area contributed by atoms with Crippen LogP contribution in [-0.4, -0.2) is 11.1 Å². The van der Waals surface area contributed by atoms with Crippen LogP contribution in [0.3, 0.4) is 0 Å². The van der Waals surface area contributed by atoms with Crippen LogP contribution in [0.1, 0.15) is 6.92 Å². The molecule has 5 heavy (non-hydrogen) atoms. The van der Waals surface area contributed by atoms with E-state index < -0.39 is 5.97 Å². The minimum Gasteiger partial charge on any atom is -0.481 e. The van der Waals surface area contributed by atoms with Crippen molar-refractivity contribution in [3.05, 3.63) is 0 Å². The average molecular weight is 292 g/mol. The van der Waals surface area contributed by atoms with Gasteiger partial charge in [-0.05, 0) is 0 Å². The van der Waals surface area contributed by atoms with Crippen molar-refractivity contribution in [1.29, 1.82) is 0 Å². The van der Waals surface area contributed by atoms with Crippen molar-refractivity contribution < 1.29 is 49.8 Å². The van der Waals surface area contributed by atoms with Crippen molar-refractivity contribution in [3.8, 4) is 0 Å². The Hall–Kier alpha value is 0.795. The van der Waals surface area contributed by atoms with Gasteiger partial charge in [0.05, 0.1) is 0 Å². The summed E-state index contributed by atoms with van der Waals surface area (Å²) >= 11 is 0. The van der Waals surface area contributed by atoms with Gasteiger partial charge in [-0.3, -0.25) is 4.79 Å². The van der Waals surface area contributed by atoms with Crippen LogP contribution in [0.2, 0.25) is 0 Å². The van der Waals surface area contributed by atoms with Gasteiger partial charge in [0.25, 0.3) is 5.97 Å². The normalized spacial score (nSPS) is 5.00. The summed E-state index contributed by atoms with van der Waals surface area (Å²) in [6.07, 6.45) is 0. The van der Waals surface area contributed by atoms with E-state index in [1.807, 2.05) is 0 Å². The molecule has 2 nitrogen and oxygen atoms in total. The average Bonchev–Trinajstić information content (AvgIpc) is 0.811. The standard InChI is InChI=1S/C2H4O2.Th/c1-2(3)4;/h1H3,(H,3,4);. The number of hydrogen-bond acceptors (Lipinski definition) is 1. The Bertz CT molecular complexity index is 30.6. The van der Waals surface area contributed by atoms with Gasteiger partial charge >= 0.3 is 0 Å². The molecule has 0 rings (SSSR count). The second-order valence-corrected chi connectivity index (χ2v) is 0.519. The Balaban J connectivity index is 0. The molecule has 0 aromatic rings. The molecule has 0 fully saturated rings. The second-order valence-electron chi connectivity index (χ2n) is 0.519. The summed E-state index contributed by atoms with van der Waals surface area (Å²) in [4.78, 5) is 9.00. The van der Waals surface area contributed by atoms with E-state index in [4.69, 9.17) is 9.90 Å². The number of rotatable bonds is 0. The van der Waals surface area contributed by atoms with Crippen LogP contribution in [0.15, 0.2) is 0 Å². The Morgan fingerprint density at radius 1 is 1.80 bits per heavy atom. The van der Waals surface area contributed by atoms with Gasteiger partial charge in [-0.15, -0.1) is 0 Å². The van der Waals surface area contributed by atoms with Crippen LogP contribution in [0.5, 0.6) is 0 Å². The van der Waals surface area contributed by atoms with E-state index in [9.17, 15) is 0 Å². The van der Waals surface area contributed by atoms with Gasteiger partial charge in [0.1, 0.15) is 0 Å². The molecule has 0 bridgehead atoms. The predicted molar refractivity (Wildman–Crippen MR) is 13.3 cm³/mol. The molecule has 0 aliphatic rings. The van der Waals surface area contributed by atoms with Crippen LogP contribution >= 0.6 is 0 Å². The van der Waals surface area contributed by atoms with Gasteiger partial charge in [-0.2, -0.15) is 0 Å². The monoisotopic (exact) mass is 292 g/mol. The van der Waals surface area contributed by atoms with E-state index in [0.717, 1.165) is 6.92 Å². The van der Waals surface area contributed by atoms with E-state index in [1.54, 1.807) is 0 Å². The Morgan fingerprint density at radius 2 is 1.80 bits per heavy atom. The quantitative estimate of drug-likeness (QED) is 0.687. The summed E-state index contributed by atoms with van der Waals surface area (Å²) in [5.74, 6) is -0.833. The van der Waals surface area contributed by atoms with Gasteiger partial charge < -0.3 is 5.11 Å². The molecule has 0 amide bonds. The molecular formula is C2H4O2Th. The third-order valence-electron chi connectivity index (χ3n) is 0. The van der Waals surface area contributed by atoms with E-state index in [0.29, 0.717) is 0 Å². The smallest absolute Gasteiger partial charge is 0.300 e. The molecule has 0 aliphatic heterocycles. The van der Waals surface area contributed by atoms with Crippen LogP contribution in [0.25, 0.3) is 0 Å². The third-order valence-corrected chi connectivity index (χ3v) is 0. The molecular weight excluding hydrogens is 288 g/mol. The van der Waals surface area contributed by atoms with Gasteiger partial charge in [0.15, 0.2) is 0 Å². The summed E-state index contributed by atoms with van der Waals surface area (Å²) in [6.45, 7) is 1.08. The van der Waals surface area contributed by atoms with Crippen molar-refractivity contribution in [3.63, 3.8) is 0 Å². The van der Waals surface area contributed by atoms with E-state index in [-0.39, 0.29) is 39.9 Å². The molecule has 0 aliphatic carbocycles. The fourth-order valence-corrected chi connectivity index (χ4v) is 0. The molecule has 0 aromatic heterocycles. The van der Waals surface area contributed by atoms with Crippen molar-refractivity contribution >= 4 is 5.97 Å². The number of carboxylic acids is 1. The fourth-order valence-electron chi connectivity index (χ4n) is 0. The summed E-state index contributed by atoms with van der Waals surface area (Å²) in [5, 5.41) is 7.42. The predicted octanol–water partition coefficient (Wildman–Crippen LogP) is 0.0909. The first-order chi connectivity index (χ1) is 1.73. The molecule has 1 N–H and O–H groups in total. The second kappa shape index (κ2) is 4.79. The van der Waals surface area contributed by atoms with Gasteiger partial charge in [0.2, 0.25) is 0 Å². The first kappa shape index (κ1) is 9.25. The van der Waals surface area contributed by atoms with Crippen molar-refractivity contribution in [2.75, 3.05) is 0 Å². The van der Waals surface area contributed by atoms with Crippen LogP contribution in [0.4, 0.5) is 0 Å². The number of hydrogen-bond donors (Lipinski definition) is 1. The molecule has 0 unspecified atom stereocenters. The Labute approximate surface area is 62.2 Å². The zero-order valence-corrected chi connectivity index (χ0v) is 6.97. The van der Waals surface area contributed by atoms with Crippen molar-refractivity contribution in [2.24, 2.45) is 0 Å². The summed E-state index contributed by atoms with van der Waals surface area (Å²) in [6, 6.07) is 0. The number of carboxylic acid groups (broad SMARTS) is 1. The van der Waals surface area contributed by atoms with E-state index >= 15 is 0 Å². The molecule has 0 heterocycles. The first-order valence-corrected chi connectivity index (χ1v) is 0.928. The summed E-state index contributed by atoms with van der Waals surface area (Å²) in [5.41, 5.74) is 0. The van der Waals surface area contributed by atoms with Crippen molar-refractivity contribution in [2.45, 2.75) is 6.92 Å². The van der Waals surface area contributed by atoms with E-state index in [2.05, 4.69) is 0 Å². The van der Waals surface area contributed by atoms with Crippen molar-refractivity contribution in [1.82, 2.24) is 0 Å². The third kappa shape index (κ3) is 59.3.